The second-order valence-corrected chi connectivity index (χ2v) is 3.96. The predicted molar refractivity (Wildman–Crippen MR) is 49.2 cm³/mol. The van der Waals surface area contributed by atoms with Crippen LogP contribution in [-0.2, 0) is 9.47 Å². The molecule has 3 heteroatoms. The molecule has 0 N–H and O–H groups in total. The van der Waals surface area contributed by atoms with Crippen molar-refractivity contribution in [3.63, 3.8) is 0 Å². The largest absolute Gasteiger partial charge is 0.353 e. The van der Waals surface area contributed by atoms with Crippen molar-refractivity contribution in [3.8, 4) is 0 Å². The summed E-state index contributed by atoms with van der Waals surface area (Å²) in [7, 11) is 0. The molecule has 2 atom stereocenters. The molecule has 1 aliphatic heterocycles. The standard InChI is InChI=1S/C9H17ClO2/c1-7(2)9(10)12-8-5-3-4-6-11-8/h7-9H,3-6H2,1-2H3. The molecule has 0 amide bonds. The van der Waals surface area contributed by atoms with Gasteiger partial charge < -0.3 is 9.47 Å². The van der Waals surface area contributed by atoms with Crippen molar-refractivity contribution in [3.05, 3.63) is 0 Å². The lowest BCUT2D eigenvalue weighted by Crippen LogP contribution is -2.27. The first-order valence-corrected chi connectivity index (χ1v) is 5.05. The molecule has 0 aromatic heterocycles. The van der Waals surface area contributed by atoms with Crippen LogP contribution in [0.4, 0.5) is 0 Å². The van der Waals surface area contributed by atoms with Gasteiger partial charge in [-0.15, -0.1) is 0 Å². The number of ether oxygens (including phenoxy) is 2. The van der Waals surface area contributed by atoms with Gasteiger partial charge in [0.1, 0.15) is 5.56 Å². The Morgan fingerprint density at radius 1 is 1.42 bits per heavy atom. The molecular weight excluding hydrogens is 176 g/mol. The molecule has 0 radical (unpaired) electrons. The Bertz CT molecular complexity index is 122. The molecule has 1 rings (SSSR count). The lowest BCUT2D eigenvalue weighted by atomic mass is 10.2. The summed E-state index contributed by atoms with van der Waals surface area (Å²) in [5, 5.41) is 0. The minimum absolute atomic E-state index is 0.0661. The van der Waals surface area contributed by atoms with Gasteiger partial charge in [0.25, 0.3) is 0 Å². The number of hydrogen-bond acceptors (Lipinski definition) is 2. The molecule has 1 heterocycles. The van der Waals surface area contributed by atoms with E-state index in [2.05, 4.69) is 0 Å². The molecule has 0 aromatic carbocycles. The average molecular weight is 193 g/mol. The van der Waals surface area contributed by atoms with Crippen LogP contribution >= 0.6 is 11.6 Å². The first-order chi connectivity index (χ1) is 5.70. The predicted octanol–water partition coefficient (Wildman–Crippen LogP) is 2.75. The molecule has 1 aliphatic rings. The van der Waals surface area contributed by atoms with E-state index in [4.69, 9.17) is 21.1 Å². The minimum Gasteiger partial charge on any atom is -0.353 e. The van der Waals surface area contributed by atoms with Crippen LogP contribution in [0.25, 0.3) is 0 Å². The summed E-state index contributed by atoms with van der Waals surface area (Å²) in [6.45, 7) is 4.90. The zero-order valence-corrected chi connectivity index (χ0v) is 8.51. The number of rotatable bonds is 3. The Morgan fingerprint density at radius 2 is 2.17 bits per heavy atom. The summed E-state index contributed by atoms with van der Waals surface area (Å²) >= 11 is 5.95. The van der Waals surface area contributed by atoms with Crippen molar-refractivity contribution in [1.29, 1.82) is 0 Å². The van der Waals surface area contributed by atoms with Crippen molar-refractivity contribution in [2.24, 2.45) is 5.92 Å². The van der Waals surface area contributed by atoms with E-state index >= 15 is 0 Å². The molecule has 0 bridgehead atoms. The Morgan fingerprint density at radius 3 is 2.67 bits per heavy atom. The van der Waals surface area contributed by atoms with Crippen LogP contribution in [-0.4, -0.2) is 18.5 Å². The van der Waals surface area contributed by atoms with Gasteiger partial charge in [-0.1, -0.05) is 25.4 Å². The molecule has 2 nitrogen and oxygen atoms in total. The van der Waals surface area contributed by atoms with Crippen LogP contribution in [0.3, 0.4) is 0 Å². The maximum absolute atomic E-state index is 5.95. The highest BCUT2D eigenvalue weighted by Gasteiger charge is 2.19. The summed E-state index contributed by atoms with van der Waals surface area (Å²) in [6.07, 6.45) is 3.25. The second-order valence-electron chi connectivity index (χ2n) is 3.53. The maximum atomic E-state index is 5.95. The Kier molecular flexibility index (Phi) is 4.33. The van der Waals surface area contributed by atoms with E-state index in [1.807, 2.05) is 13.8 Å². The molecular formula is C9H17ClO2. The quantitative estimate of drug-likeness (QED) is 0.641. The highest BCUT2D eigenvalue weighted by Crippen LogP contribution is 2.20. The summed E-state index contributed by atoms with van der Waals surface area (Å²) in [6, 6.07) is 0. The summed E-state index contributed by atoms with van der Waals surface area (Å²) < 4.78 is 10.9. The van der Waals surface area contributed by atoms with Crippen molar-refractivity contribution >= 4 is 11.6 Å². The fraction of sp³-hybridized carbons (Fsp3) is 1.00. The van der Waals surface area contributed by atoms with Crippen LogP contribution in [0.1, 0.15) is 33.1 Å². The van der Waals surface area contributed by atoms with Gasteiger partial charge in [-0.05, 0) is 25.2 Å². The Labute approximate surface area is 79.2 Å². The monoisotopic (exact) mass is 192 g/mol. The lowest BCUT2D eigenvalue weighted by molar-refractivity contribution is -0.177. The molecule has 1 fully saturated rings. The van der Waals surface area contributed by atoms with Crippen LogP contribution in [0, 0.1) is 5.92 Å². The van der Waals surface area contributed by atoms with Gasteiger partial charge in [-0.3, -0.25) is 0 Å². The van der Waals surface area contributed by atoms with E-state index in [0.29, 0.717) is 5.92 Å². The second kappa shape index (κ2) is 5.05. The zero-order valence-electron chi connectivity index (χ0n) is 7.75. The van der Waals surface area contributed by atoms with Crippen LogP contribution in [0.2, 0.25) is 0 Å². The van der Waals surface area contributed by atoms with Gasteiger partial charge in [0.15, 0.2) is 6.29 Å². The van der Waals surface area contributed by atoms with E-state index in [0.717, 1.165) is 19.4 Å². The van der Waals surface area contributed by atoms with Gasteiger partial charge in [0, 0.05) is 6.61 Å². The molecule has 0 spiro atoms. The third-order valence-corrected chi connectivity index (χ3v) is 2.55. The summed E-state index contributed by atoms with van der Waals surface area (Å²) in [4.78, 5) is 0. The van der Waals surface area contributed by atoms with Gasteiger partial charge >= 0.3 is 0 Å². The third-order valence-electron chi connectivity index (χ3n) is 1.94. The van der Waals surface area contributed by atoms with E-state index in [9.17, 15) is 0 Å². The molecule has 0 saturated carbocycles. The number of hydrogen-bond donors (Lipinski definition) is 0. The highest BCUT2D eigenvalue weighted by atomic mass is 35.5. The van der Waals surface area contributed by atoms with Crippen LogP contribution < -0.4 is 0 Å². The fourth-order valence-electron chi connectivity index (χ4n) is 1.12. The smallest absolute Gasteiger partial charge is 0.159 e. The minimum atomic E-state index is -0.215. The van der Waals surface area contributed by atoms with Gasteiger partial charge in [-0.25, -0.2) is 0 Å². The third kappa shape index (κ3) is 3.30. The van der Waals surface area contributed by atoms with Crippen molar-refractivity contribution in [1.82, 2.24) is 0 Å². The molecule has 12 heavy (non-hydrogen) atoms. The van der Waals surface area contributed by atoms with E-state index < -0.39 is 0 Å². The molecule has 1 saturated heterocycles. The van der Waals surface area contributed by atoms with E-state index in [1.54, 1.807) is 0 Å². The van der Waals surface area contributed by atoms with Crippen molar-refractivity contribution < 1.29 is 9.47 Å². The SMILES string of the molecule is CC(C)C(Cl)OC1CCCCO1. The Balaban J connectivity index is 2.20. The molecule has 0 aliphatic carbocycles. The van der Waals surface area contributed by atoms with E-state index in [1.165, 1.54) is 6.42 Å². The van der Waals surface area contributed by atoms with Crippen molar-refractivity contribution in [2.45, 2.75) is 45.0 Å². The van der Waals surface area contributed by atoms with Gasteiger partial charge in [0.05, 0.1) is 0 Å². The summed E-state index contributed by atoms with van der Waals surface area (Å²) in [5.74, 6) is 0.345. The summed E-state index contributed by atoms with van der Waals surface area (Å²) in [5.41, 5.74) is -0.215. The van der Waals surface area contributed by atoms with Crippen LogP contribution in [0.15, 0.2) is 0 Å². The molecule has 0 aromatic rings. The average Bonchev–Trinajstić information content (AvgIpc) is 2.06. The van der Waals surface area contributed by atoms with Crippen molar-refractivity contribution in [2.75, 3.05) is 6.61 Å². The van der Waals surface area contributed by atoms with Gasteiger partial charge in [-0.2, -0.15) is 0 Å². The highest BCUT2D eigenvalue weighted by molar-refractivity contribution is 6.19. The number of alkyl halides is 1. The number of halogens is 1. The fourth-order valence-corrected chi connectivity index (χ4v) is 1.24. The lowest BCUT2D eigenvalue weighted by Gasteiger charge is -2.26. The molecule has 2 unspecified atom stereocenters. The van der Waals surface area contributed by atoms with Gasteiger partial charge in [0.2, 0.25) is 0 Å². The van der Waals surface area contributed by atoms with Crippen LogP contribution in [0.5, 0.6) is 0 Å². The first kappa shape index (κ1) is 10.3. The normalized spacial score (nSPS) is 27.5. The first-order valence-electron chi connectivity index (χ1n) is 4.61. The zero-order chi connectivity index (χ0) is 8.97. The molecule has 72 valence electrons. The van der Waals surface area contributed by atoms with E-state index in [-0.39, 0.29) is 11.9 Å². The Hall–Kier alpha value is 0.210. The topological polar surface area (TPSA) is 18.5 Å². The maximum Gasteiger partial charge on any atom is 0.159 e.